The van der Waals surface area contributed by atoms with Crippen LogP contribution in [0.4, 0.5) is 0 Å². The second kappa shape index (κ2) is 77.2. The Morgan fingerprint density at radius 1 is 0.231 bits per heavy atom. The predicted octanol–water partition coefficient (Wildman–Crippen LogP) is 33.6. The molecule has 0 aliphatic heterocycles. The Kier molecular flexibility index (Phi) is 67.3. The van der Waals surface area contributed by atoms with E-state index in [9.17, 15) is 24.0 Å². The van der Waals surface area contributed by atoms with Gasteiger partial charge in [0.1, 0.15) is 61.6 Å². The highest BCUT2D eigenvalue weighted by Crippen LogP contribution is 2.43. The standard InChI is InChI=1S/C117H186O13/c1-9-16-20-24-28-32-36-40-44-48-52-56-60-64-68-72-76-123-114-102-81-98(93-127-110(119)13-5)82-103(114)90-105-84-100(95-129-112(121)15-7)86-107(116(105)125-78-74-70-66-62-58-54-50-46-42-38-34-30-26-22-18-11-3)92-109-88-101(96-130-113(122)80-97(8)118)87-108(117(109)126-79-75-71-67-63-59-55-51-47-43-39-35-31-27-23-19-12-4)91-106-85-99(94-128-111(120)14-6)83-104(89-102)115(106)124-77-73-69-65-61-57-53-49-45-41-37-33-29-25-21-17-10-2/h13-15,81-88H,5-7,9-12,16-80,89-96H2,1-4,8H3. The predicted molar refractivity (Wildman–Crippen MR) is 542 cm³/mol. The van der Waals surface area contributed by atoms with Crippen molar-refractivity contribution in [2.45, 2.75) is 504 Å². The number of ether oxygens (including phenoxy) is 8. The van der Waals surface area contributed by atoms with E-state index in [0.717, 1.165) is 138 Å². The van der Waals surface area contributed by atoms with Gasteiger partial charge in [0.05, 0.1) is 26.4 Å². The highest BCUT2D eigenvalue weighted by molar-refractivity contribution is 5.94. The van der Waals surface area contributed by atoms with Crippen molar-refractivity contribution in [3.8, 4) is 23.0 Å². The molecule has 13 nitrogen and oxygen atoms in total. The Balaban J connectivity index is 1.67. The number of hydrogen-bond donors (Lipinski definition) is 0. The molecule has 732 valence electrons. The summed E-state index contributed by atoms with van der Waals surface area (Å²) < 4.78 is 53.6. The highest BCUT2D eigenvalue weighted by atomic mass is 16.5. The van der Waals surface area contributed by atoms with Gasteiger partial charge in [-0.05, 0) is 148 Å². The molecule has 0 fully saturated rings. The van der Waals surface area contributed by atoms with E-state index in [1.165, 1.54) is 359 Å². The average molecular weight is 1800 g/mol. The molecule has 1 aliphatic rings. The minimum absolute atomic E-state index is 0.0374. The zero-order valence-corrected chi connectivity index (χ0v) is 83.7. The fourth-order valence-electron chi connectivity index (χ4n) is 18.6. The molecule has 0 radical (unpaired) electrons. The second-order valence-corrected chi connectivity index (χ2v) is 38.3. The minimum atomic E-state index is -0.611. The van der Waals surface area contributed by atoms with Crippen LogP contribution in [-0.2, 0) is 95.0 Å². The van der Waals surface area contributed by atoms with E-state index < -0.39 is 23.9 Å². The zero-order valence-electron chi connectivity index (χ0n) is 83.7. The fraction of sp³-hybridized carbons (Fsp3) is 0.701. The molecule has 0 unspecified atom stereocenters. The van der Waals surface area contributed by atoms with E-state index in [-0.39, 0.29) is 51.5 Å². The van der Waals surface area contributed by atoms with Gasteiger partial charge < -0.3 is 37.9 Å². The van der Waals surface area contributed by atoms with Gasteiger partial charge >= 0.3 is 23.9 Å². The number of carbonyl (C=O) groups is 5. The normalized spacial score (nSPS) is 11.8. The van der Waals surface area contributed by atoms with Crippen molar-refractivity contribution < 1.29 is 61.9 Å². The van der Waals surface area contributed by atoms with Crippen molar-refractivity contribution in [1.29, 1.82) is 0 Å². The first-order valence-electron chi connectivity index (χ1n) is 54.0. The van der Waals surface area contributed by atoms with Crippen molar-refractivity contribution in [1.82, 2.24) is 0 Å². The van der Waals surface area contributed by atoms with Gasteiger partial charge in [-0.1, -0.05) is 433 Å². The number of hydrogen-bond acceptors (Lipinski definition) is 13. The van der Waals surface area contributed by atoms with Crippen molar-refractivity contribution in [3.63, 3.8) is 0 Å². The van der Waals surface area contributed by atoms with E-state index in [0.29, 0.717) is 67.8 Å². The van der Waals surface area contributed by atoms with Gasteiger partial charge in [-0.3, -0.25) is 9.59 Å². The van der Waals surface area contributed by atoms with Crippen molar-refractivity contribution in [2.24, 2.45) is 0 Å². The number of benzene rings is 4. The monoisotopic (exact) mass is 1800 g/mol. The summed E-state index contributed by atoms with van der Waals surface area (Å²) in [6.45, 7) is 23.5. The lowest BCUT2D eigenvalue weighted by molar-refractivity contribution is -0.147. The number of fused-ring (bicyclic) bond motifs is 8. The second-order valence-electron chi connectivity index (χ2n) is 38.3. The lowest BCUT2D eigenvalue weighted by Gasteiger charge is -2.25. The first-order chi connectivity index (χ1) is 63.8. The first-order valence-corrected chi connectivity index (χ1v) is 54.0. The molecule has 5 rings (SSSR count). The maximum absolute atomic E-state index is 13.6. The molecule has 0 N–H and O–H groups in total. The van der Waals surface area contributed by atoms with Crippen LogP contribution in [0.25, 0.3) is 0 Å². The topological polar surface area (TPSA) is 159 Å². The third-order valence-corrected chi connectivity index (χ3v) is 26.1. The van der Waals surface area contributed by atoms with Gasteiger partial charge in [0, 0.05) is 43.9 Å². The molecule has 4 aromatic rings. The molecular weight excluding hydrogens is 1610 g/mol. The van der Waals surface area contributed by atoms with E-state index in [4.69, 9.17) is 37.9 Å². The quantitative estimate of drug-likeness (QED) is 0.0119. The molecule has 4 aromatic carbocycles. The molecule has 0 heterocycles. The van der Waals surface area contributed by atoms with Gasteiger partial charge in [-0.15, -0.1) is 0 Å². The van der Waals surface area contributed by atoms with Gasteiger partial charge in [0.25, 0.3) is 0 Å². The summed E-state index contributed by atoms with van der Waals surface area (Å²) >= 11 is 0. The summed E-state index contributed by atoms with van der Waals surface area (Å²) in [4.78, 5) is 65.9. The Hall–Kier alpha value is -7.15. The number of unbranched alkanes of at least 4 members (excludes halogenated alkanes) is 60. The summed E-state index contributed by atoms with van der Waals surface area (Å²) in [6.07, 6.45) is 84.7. The number of carbonyl (C=O) groups excluding carboxylic acids is 5. The largest absolute Gasteiger partial charge is 0.493 e. The fourth-order valence-corrected chi connectivity index (χ4v) is 18.6. The number of esters is 4. The van der Waals surface area contributed by atoms with Crippen molar-refractivity contribution >= 4 is 29.7 Å². The van der Waals surface area contributed by atoms with Crippen molar-refractivity contribution in [2.75, 3.05) is 26.4 Å². The molecule has 0 amide bonds. The van der Waals surface area contributed by atoms with E-state index >= 15 is 0 Å². The van der Waals surface area contributed by atoms with Crippen LogP contribution in [-0.4, -0.2) is 56.1 Å². The third-order valence-electron chi connectivity index (χ3n) is 26.1. The van der Waals surface area contributed by atoms with Crippen LogP contribution in [0, 0.1) is 0 Å². The van der Waals surface area contributed by atoms with Gasteiger partial charge in [0.15, 0.2) is 0 Å². The number of rotatable bonds is 85. The Morgan fingerprint density at radius 2 is 0.377 bits per heavy atom. The smallest absolute Gasteiger partial charge is 0.330 e. The molecule has 0 atom stereocenters. The highest BCUT2D eigenvalue weighted by Gasteiger charge is 2.27. The first kappa shape index (κ1) is 113. The maximum atomic E-state index is 13.6. The maximum Gasteiger partial charge on any atom is 0.330 e. The van der Waals surface area contributed by atoms with Crippen LogP contribution in [0.2, 0.25) is 0 Å². The molecule has 0 spiro atoms. The summed E-state index contributed by atoms with van der Waals surface area (Å²) in [5.41, 5.74) is 9.74. The van der Waals surface area contributed by atoms with Crippen LogP contribution in [0.5, 0.6) is 23.0 Å². The van der Waals surface area contributed by atoms with E-state index in [1.54, 1.807) is 0 Å². The Labute approximate surface area is 793 Å². The molecule has 1 aliphatic carbocycles. The molecule has 0 saturated carbocycles. The summed E-state index contributed by atoms with van der Waals surface area (Å²) in [5, 5.41) is 0. The lowest BCUT2D eigenvalue weighted by atomic mass is 9.88. The van der Waals surface area contributed by atoms with E-state index in [1.807, 2.05) is 0 Å². The van der Waals surface area contributed by atoms with Crippen LogP contribution in [0.3, 0.4) is 0 Å². The average Bonchev–Trinajstić information content (AvgIpc) is 0.770. The molecule has 0 saturated heterocycles. The SMILES string of the molecule is C=CC(=O)OCc1cc2c(OCCCCCCCCCCCCCCCCCC)c(c1)Cc1cc(COC(=O)C=C)cc(c1OCCCCCCCCCCCCCCCCCC)Cc1cc(COC(=O)CC(C)=O)cc(c1OCCCCCCCCCCCCCCCCCC)Cc1cc(COC(=O)C=C)cc(c1OCCCCCCCCCCCCCCCCCC)C2. The molecule has 13 heteroatoms. The van der Waals surface area contributed by atoms with Crippen LogP contribution in [0.1, 0.15) is 519 Å². The van der Waals surface area contributed by atoms with Gasteiger partial charge in [0.2, 0.25) is 0 Å². The lowest BCUT2D eigenvalue weighted by Crippen LogP contribution is -2.13. The number of Topliss-reactive ketones (excluding diaryl/α,β-unsaturated/α-hetero) is 1. The van der Waals surface area contributed by atoms with E-state index in [2.05, 4.69) is 96.0 Å². The third kappa shape index (κ3) is 54.3. The number of ketones is 1. The zero-order chi connectivity index (χ0) is 93.0. The van der Waals surface area contributed by atoms with Gasteiger partial charge in [-0.25, -0.2) is 14.4 Å². The van der Waals surface area contributed by atoms with Crippen LogP contribution in [0.15, 0.2) is 86.5 Å². The van der Waals surface area contributed by atoms with Gasteiger partial charge in [-0.2, -0.15) is 0 Å². The Morgan fingerprint density at radius 3 is 0.523 bits per heavy atom. The minimum Gasteiger partial charge on any atom is -0.493 e. The molecule has 130 heavy (non-hydrogen) atoms. The summed E-state index contributed by atoms with van der Waals surface area (Å²) in [5.74, 6) is 0.304. The molecular formula is C117H186O13. The Bertz CT molecular complexity index is 3490. The van der Waals surface area contributed by atoms with Crippen molar-refractivity contribution in [3.05, 3.63) is 153 Å². The van der Waals surface area contributed by atoms with Crippen LogP contribution < -0.4 is 18.9 Å². The van der Waals surface area contributed by atoms with Crippen LogP contribution >= 0.6 is 0 Å². The summed E-state index contributed by atoms with van der Waals surface area (Å²) in [6, 6.07) is 16.8. The summed E-state index contributed by atoms with van der Waals surface area (Å²) in [7, 11) is 0. The molecule has 8 bridgehead atoms. The molecule has 0 aromatic heterocycles.